The molecular weight excluding hydrogens is 354 g/mol. The van der Waals surface area contributed by atoms with Gasteiger partial charge in [-0.3, -0.25) is 9.20 Å². The van der Waals surface area contributed by atoms with Gasteiger partial charge in [0.25, 0.3) is 5.91 Å². The second-order valence-electron chi connectivity index (χ2n) is 6.09. The number of nitrogens with zero attached hydrogens (tertiary/aromatic N) is 4. The normalized spacial score (nSPS) is 15.2. The number of urea groups is 1. The summed E-state index contributed by atoms with van der Waals surface area (Å²) in [6.45, 7) is 2.61. The number of thiazole rings is 1. The fourth-order valence-electron chi connectivity index (χ4n) is 3.02. The molecule has 9 heteroatoms. The summed E-state index contributed by atoms with van der Waals surface area (Å²) in [5.41, 5.74) is 0.828. The smallest absolute Gasteiger partial charge is 0.317 e. The molecule has 1 N–H and O–H groups in total. The van der Waals surface area contributed by atoms with Gasteiger partial charge in [-0.05, 0) is 18.6 Å². The Bertz CT molecular complexity index is 872. The van der Waals surface area contributed by atoms with E-state index < -0.39 is 0 Å². The third-order valence-corrected chi connectivity index (χ3v) is 5.14. The maximum Gasteiger partial charge on any atom is 0.317 e. The Labute approximate surface area is 154 Å². The molecule has 0 spiro atoms. The molecule has 0 unspecified atom stereocenters. The Hall–Kier alpha value is -2.81. The number of aromatic nitrogens is 2. The summed E-state index contributed by atoms with van der Waals surface area (Å²) in [5.74, 6) is 0.206. The van der Waals surface area contributed by atoms with Crippen molar-refractivity contribution in [3.05, 3.63) is 47.6 Å². The number of fused-ring (bicyclic) bond motifs is 1. The van der Waals surface area contributed by atoms with Crippen molar-refractivity contribution in [1.29, 1.82) is 0 Å². The lowest BCUT2D eigenvalue weighted by Crippen LogP contribution is -2.42. The van der Waals surface area contributed by atoms with Gasteiger partial charge in [0.15, 0.2) is 10.7 Å². The van der Waals surface area contributed by atoms with Crippen LogP contribution in [0.4, 0.5) is 4.79 Å². The van der Waals surface area contributed by atoms with E-state index in [1.54, 1.807) is 33.3 Å². The van der Waals surface area contributed by atoms with E-state index in [0.717, 1.165) is 17.1 Å². The van der Waals surface area contributed by atoms with Crippen LogP contribution in [0.1, 0.15) is 22.7 Å². The number of rotatable bonds is 3. The molecule has 4 rings (SSSR count). The number of hydrogen-bond donors (Lipinski definition) is 1. The van der Waals surface area contributed by atoms with E-state index in [4.69, 9.17) is 4.42 Å². The summed E-state index contributed by atoms with van der Waals surface area (Å²) >= 11 is 1.56. The average molecular weight is 373 g/mol. The van der Waals surface area contributed by atoms with Gasteiger partial charge < -0.3 is 19.5 Å². The summed E-state index contributed by atoms with van der Waals surface area (Å²) in [6.07, 6.45) is 6.08. The van der Waals surface area contributed by atoms with E-state index in [-0.39, 0.29) is 11.9 Å². The molecule has 0 radical (unpaired) electrons. The van der Waals surface area contributed by atoms with E-state index in [1.807, 2.05) is 22.2 Å². The maximum atomic E-state index is 12.4. The molecule has 4 heterocycles. The Morgan fingerprint density at radius 1 is 1.23 bits per heavy atom. The lowest BCUT2D eigenvalue weighted by atomic mass is 10.3. The highest BCUT2D eigenvalue weighted by Gasteiger charge is 2.24. The van der Waals surface area contributed by atoms with Crippen LogP contribution in [-0.4, -0.2) is 57.3 Å². The Kier molecular flexibility index (Phi) is 4.61. The molecule has 0 aliphatic carbocycles. The zero-order valence-corrected chi connectivity index (χ0v) is 14.9. The van der Waals surface area contributed by atoms with Gasteiger partial charge in [-0.25, -0.2) is 9.78 Å². The van der Waals surface area contributed by atoms with Crippen molar-refractivity contribution in [2.45, 2.75) is 13.0 Å². The molecule has 1 aliphatic rings. The van der Waals surface area contributed by atoms with Crippen molar-refractivity contribution in [3.8, 4) is 0 Å². The zero-order valence-electron chi connectivity index (χ0n) is 14.1. The second kappa shape index (κ2) is 7.20. The molecule has 3 aromatic rings. The van der Waals surface area contributed by atoms with Crippen LogP contribution < -0.4 is 5.32 Å². The summed E-state index contributed by atoms with van der Waals surface area (Å²) in [5, 5.41) is 4.88. The molecule has 136 valence electrons. The number of furan rings is 1. The molecule has 0 atom stereocenters. The first-order valence-corrected chi connectivity index (χ1v) is 9.35. The van der Waals surface area contributed by atoms with Crippen LogP contribution in [0, 0.1) is 0 Å². The van der Waals surface area contributed by atoms with E-state index >= 15 is 0 Å². The molecule has 0 bridgehead atoms. The van der Waals surface area contributed by atoms with E-state index in [9.17, 15) is 9.59 Å². The van der Waals surface area contributed by atoms with Gasteiger partial charge in [0, 0.05) is 44.0 Å². The van der Waals surface area contributed by atoms with Crippen molar-refractivity contribution in [2.75, 3.05) is 26.2 Å². The minimum absolute atomic E-state index is 0.129. The molecule has 26 heavy (non-hydrogen) atoms. The standard InChI is InChI=1S/C17H19N5O3S/c23-15(14-3-1-9-25-14)20-4-2-5-21(7-6-20)16(24)18-11-13-12-22-8-10-26-17(22)19-13/h1,3,8-10,12H,2,4-7,11H2,(H,18,24). The number of carbonyl (C=O) groups is 2. The number of nitrogens with one attached hydrogen (secondary N) is 1. The van der Waals surface area contributed by atoms with Crippen LogP contribution in [0.3, 0.4) is 0 Å². The van der Waals surface area contributed by atoms with Crippen LogP contribution in [0.15, 0.2) is 40.6 Å². The molecule has 0 saturated carbocycles. The summed E-state index contributed by atoms with van der Waals surface area (Å²) in [6, 6.07) is 3.23. The highest BCUT2D eigenvalue weighted by atomic mass is 32.1. The predicted molar refractivity (Wildman–Crippen MR) is 96.1 cm³/mol. The Balaban J connectivity index is 1.31. The van der Waals surface area contributed by atoms with Crippen molar-refractivity contribution in [2.24, 2.45) is 0 Å². The van der Waals surface area contributed by atoms with Crippen LogP contribution in [0.2, 0.25) is 0 Å². The third-order valence-electron chi connectivity index (χ3n) is 4.37. The van der Waals surface area contributed by atoms with Gasteiger partial charge in [-0.1, -0.05) is 0 Å². The number of imidazole rings is 1. The largest absolute Gasteiger partial charge is 0.459 e. The first-order valence-electron chi connectivity index (χ1n) is 8.47. The molecule has 1 fully saturated rings. The van der Waals surface area contributed by atoms with Crippen molar-refractivity contribution in [1.82, 2.24) is 24.5 Å². The van der Waals surface area contributed by atoms with Gasteiger partial charge in [0.05, 0.1) is 18.5 Å². The molecule has 3 aromatic heterocycles. The highest BCUT2D eigenvalue weighted by molar-refractivity contribution is 7.15. The van der Waals surface area contributed by atoms with Gasteiger partial charge >= 0.3 is 6.03 Å². The average Bonchev–Trinajstić information content (AvgIpc) is 3.33. The van der Waals surface area contributed by atoms with E-state index in [0.29, 0.717) is 38.5 Å². The lowest BCUT2D eigenvalue weighted by molar-refractivity contribution is 0.0730. The first kappa shape index (κ1) is 16.6. The fraction of sp³-hybridized carbons (Fsp3) is 0.353. The second-order valence-corrected chi connectivity index (χ2v) is 6.97. The topological polar surface area (TPSA) is 83.1 Å². The molecular formula is C17H19N5O3S. The van der Waals surface area contributed by atoms with Gasteiger partial charge in [-0.2, -0.15) is 0 Å². The van der Waals surface area contributed by atoms with Crippen molar-refractivity contribution in [3.63, 3.8) is 0 Å². The summed E-state index contributed by atoms with van der Waals surface area (Å²) in [7, 11) is 0. The molecule has 8 nitrogen and oxygen atoms in total. The fourth-order valence-corrected chi connectivity index (χ4v) is 3.74. The molecule has 0 aromatic carbocycles. The molecule has 3 amide bonds. The van der Waals surface area contributed by atoms with Gasteiger partial charge in [-0.15, -0.1) is 11.3 Å². The van der Waals surface area contributed by atoms with Crippen molar-refractivity contribution >= 4 is 28.2 Å². The molecule has 1 aliphatic heterocycles. The minimum Gasteiger partial charge on any atom is -0.459 e. The maximum absolute atomic E-state index is 12.4. The Morgan fingerprint density at radius 3 is 2.88 bits per heavy atom. The van der Waals surface area contributed by atoms with Gasteiger partial charge in [0.2, 0.25) is 0 Å². The van der Waals surface area contributed by atoms with E-state index in [2.05, 4.69) is 10.3 Å². The minimum atomic E-state index is -0.131. The van der Waals surface area contributed by atoms with Crippen LogP contribution >= 0.6 is 11.3 Å². The quantitative estimate of drug-likeness (QED) is 0.762. The van der Waals surface area contributed by atoms with Crippen LogP contribution in [-0.2, 0) is 6.54 Å². The third kappa shape index (κ3) is 3.43. The predicted octanol–water partition coefficient (Wildman–Crippen LogP) is 2.05. The van der Waals surface area contributed by atoms with E-state index in [1.165, 1.54) is 6.26 Å². The lowest BCUT2D eigenvalue weighted by Gasteiger charge is -2.21. The monoisotopic (exact) mass is 373 g/mol. The zero-order chi connectivity index (χ0) is 17.9. The van der Waals surface area contributed by atoms with Gasteiger partial charge in [0.1, 0.15) is 0 Å². The highest BCUT2D eigenvalue weighted by Crippen LogP contribution is 2.12. The number of hydrogen-bond acceptors (Lipinski definition) is 5. The number of amides is 3. The van der Waals surface area contributed by atoms with Crippen molar-refractivity contribution < 1.29 is 14.0 Å². The van der Waals surface area contributed by atoms with Crippen LogP contribution in [0.25, 0.3) is 4.96 Å². The Morgan fingerprint density at radius 2 is 2.08 bits per heavy atom. The van der Waals surface area contributed by atoms with Crippen LogP contribution in [0.5, 0.6) is 0 Å². The SMILES string of the molecule is O=C(NCc1cn2ccsc2n1)N1CCCN(C(=O)c2ccco2)CC1. The number of carbonyl (C=O) groups excluding carboxylic acids is 2. The summed E-state index contributed by atoms with van der Waals surface area (Å²) in [4.78, 5) is 33.7. The molecule has 1 saturated heterocycles. The first-order chi connectivity index (χ1) is 12.7. The summed E-state index contributed by atoms with van der Waals surface area (Å²) < 4.78 is 7.12.